The zero-order chi connectivity index (χ0) is 25.5. The summed E-state index contributed by atoms with van der Waals surface area (Å²) in [7, 11) is -7.88. The van der Waals surface area contributed by atoms with E-state index in [2.05, 4.69) is 9.44 Å². The summed E-state index contributed by atoms with van der Waals surface area (Å²) in [5.74, 6) is 0. The van der Waals surface area contributed by atoms with Crippen LogP contribution in [0, 0.1) is 10.8 Å². The SMILES string of the molecule is CC1(C)C[C@@H](NS(=O)(=O)c2cc(Cl)ccc2Cl)C[C@@](C)(CNS(=O)(=O)c2cc(Cl)ccc2Cl)C1. The summed E-state index contributed by atoms with van der Waals surface area (Å²) in [6.07, 6.45) is 1.68. The van der Waals surface area contributed by atoms with E-state index in [-0.39, 0.29) is 41.8 Å². The van der Waals surface area contributed by atoms with Gasteiger partial charge in [-0.1, -0.05) is 67.2 Å². The molecule has 1 fully saturated rings. The molecule has 6 nitrogen and oxygen atoms in total. The summed E-state index contributed by atoms with van der Waals surface area (Å²) in [4.78, 5) is -0.198. The largest absolute Gasteiger partial charge is 0.242 e. The van der Waals surface area contributed by atoms with E-state index in [4.69, 9.17) is 46.4 Å². The van der Waals surface area contributed by atoms with Gasteiger partial charge < -0.3 is 0 Å². The van der Waals surface area contributed by atoms with Crippen molar-refractivity contribution in [2.45, 2.75) is 55.9 Å². The van der Waals surface area contributed by atoms with Crippen molar-refractivity contribution in [3.8, 4) is 0 Å². The third-order valence-electron chi connectivity index (χ3n) is 5.82. The molecule has 12 heteroatoms. The summed E-state index contributed by atoms with van der Waals surface area (Å²) < 4.78 is 57.4. The minimum Gasteiger partial charge on any atom is -0.211 e. The van der Waals surface area contributed by atoms with Gasteiger partial charge in [-0.2, -0.15) is 0 Å². The molecule has 188 valence electrons. The van der Waals surface area contributed by atoms with Gasteiger partial charge in [0.2, 0.25) is 20.0 Å². The molecule has 2 N–H and O–H groups in total. The van der Waals surface area contributed by atoms with E-state index in [1.165, 1.54) is 36.4 Å². The van der Waals surface area contributed by atoms with Crippen molar-refractivity contribution in [3.63, 3.8) is 0 Å². The molecule has 0 bridgehead atoms. The van der Waals surface area contributed by atoms with E-state index in [0.29, 0.717) is 19.3 Å². The molecular formula is C22H26Cl4N2O4S2. The zero-order valence-electron chi connectivity index (χ0n) is 18.8. The minimum absolute atomic E-state index is 0.0649. The predicted octanol–water partition coefficient (Wildman–Crippen LogP) is 6.14. The fourth-order valence-corrected chi connectivity index (χ4v) is 8.81. The van der Waals surface area contributed by atoms with Gasteiger partial charge >= 0.3 is 0 Å². The molecule has 2 aromatic rings. The molecule has 0 heterocycles. The maximum absolute atomic E-state index is 13.1. The lowest BCUT2D eigenvalue weighted by Gasteiger charge is -2.46. The molecule has 0 spiro atoms. The number of halogens is 4. The van der Waals surface area contributed by atoms with E-state index in [0.717, 1.165) is 0 Å². The number of nitrogens with one attached hydrogen (secondary N) is 2. The molecule has 0 aliphatic heterocycles. The standard InChI is InChI=1S/C22H26Cl4N2O4S2/c1-21(2)10-16(28-34(31,32)20-9-15(24)5-7-18(20)26)11-22(3,12-21)13-27-33(29,30)19-8-14(23)4-6-17(19)25/h4-9,16,27-28H,10-13H2,1-3H3/t16-,22-/m1/s1. The highest BCUT2D eigenvalue weighted by Crippen LogP contribution is 2.46. The van der Waals surface area contributed by atoms with Crippen LogP contribution in [0.2, 0.25) is 20.1 Å². The molecule has 0 saturated heterocycles. The number of benzene rings is 2. The van der Waals surface area contributed by atoms with Crippen molar-refractivity contribution in [1.82, 2.24) is 9.44 Å². The average Bonchev–Trinajstić information content (AvgIpc) is 2.68. The monoisotopic (exact) mass is 586 g/mol. The Morgan fingerprint density at radius 2 is 1.32 bits per heavy atom. The van der Waals surface area contributed by atoms with Crippen LogP contribution in [0.5, 0.6) is 0 Å². The molecule has 2 aromatic carbocycles. The van der Waals surface area contributed by atoms with Gasteiger partial charge in [-0.15, -0.1) is 0 Å². The molecule has 2 atom stereocenters. The molecule has 0 aromatic heterocycles. The quantitative estimate of drug-likeness (QED) is 0.407. The van der Waals surface area contributed by atoms with Crippen molar-refractivity contribution in [1.29, 1.82) is 0 Å². The number of hydrogen-bond donors (Lipinski definition) is 2. The van der Waals surface area contributed by atoms with E-state index in [1.807, 2.05) is 20.8 Å². The van der Waals surface area contributed by atoms with Crippen LogP contribution in [0.25, 0.3) is 0 Å². The third-order valence-corrected chi connectivity index (χ3v) is 10.2. The lowest BCUT2D eigenvalue weighted by atomic mass is 9.63. The van der Waals surface area contributed by atoms with E-state index < -0.39 is 31.5 Å². The zero-order valence-corrected chi connectivity index (χ0v) is 23.5. The summed E-state index contributed by atoms with van der Waals surface area (Å²) in [5.41, 5.74) is -0.789. The van der Waals surface area contributed by atoms with Crippen LogP contribution in [-0.4, -0.2) is 29.4 Å². The average molecular weight is 588 g/mol. The normalized spacial score (nSPS) is 23.1. The Labute approximate surface area is 221 Å². The van der Waals surface area contributed by atoms with Gasteiger partial charge in [0.05, 0.1) is 10.0 Å². The first kappa shape index (κ1) is 28.0. The highest BCUT2D eigenvalue weighted by Gasteiger charge is 2.43. The first-order valence-corrected chi connectivity index (χ1v) is 14.9. The molecule has 34 heavy (non-hydrogen) atoms. The Morgan fingerprint density at radius 3 is 1.85 bits per heavy atom. The van der Waals surface area contributed by atoms with Crippen LogP contribution in [0.4, 0.5) is 0 Å². The van der Waals surface area contributed by atoms with Crippen molar-refractivity contribution < 1.29 is 16.8 Å². The molecule has 3 rings (SSSR count). The molecule has 1 aliphatic rings. The lowest BCUT2D eigenvalue weighted by Crippen LogP contribution is -2.50. The Hall–Kier alpha value is -0.580. The van der Waals surface area contributed by atoms with Crippen LogP contribution in [-0.2, 0) is 20.0 Å². The first-order chi connectivity index (χ1) is 15.5. The van der Waals surface area contributed by atoms with Crippen LogP contribution in [0.1, 0.15) is 40.0 Å². The predicted molar refractivity (Wildman–Crippen MR) is 138 cm³/mol. The molecule has 0 radical (unpaired) electrons. The molecular weight excluding hydrogens is 562 g/mol. The second kappa shape index (κ2) is 10.1. The number of hydrogen-bond acceptors (Lipinski definition) is 4. The van der Waals surface area contributed by atoms with Gasteiger partial charge in [0.25, 0.3) is 0 Å². The van der Waals surface area contributed by atoms with Crippen molar-refractivity contribution in [3.05, 3.63) is 56.5 Å². The van der Waals surface area contributed by atoms with E-state index in [9.17, 15) is 16.8 Å². The Bertz CT molecular complexity index is 1300. The first-order valence-electron chi connectivity index (χ1n) is 10.4. The summed E-state index contributed by atoms with van der Waals surface area (Å²) >= 11 is 24.1. The van der Waals surface area contributed by atoms with Gasteiger partial charge in [0.1, 0.15) is 9.79 Å². The summed E-state index contributed by atoms with van der Waals surface area (Å²) in [6, 6.07) is 8.05. The van der Waals surface area contributed by atoms with Crippen molar-refractivity contribution in [2.75, 3.05) is 6.54 Å². The van der Waals surface area contributed by atoms with Crippen molar-refractivity contribution in [2.24, 2.45) is 10.8 Å². The smallest absolute Gasteiger partial charge is 0.211 e. The Morgan fingerprint density at radius 1 is 0.824 bits per heavy atom. The van der Waals surface area contributed by atoms with E-state index >= 15 is 0 Å². The second-order valence-corrected chi connectivity index (χ2v) is 15.0. The maximum atomic E-state index is 13.1. The third kappa shape index (κ3) is 6.79. The molecule has 1 saturated carbocycles. The number of rotatable bonds is 7. The molecule has 0 amide bonds. The van der Waals surface area contributed by atoms with Crippen LogP contribution < -0.4 is 9.44 Å². The summed E-state index contributed by atoms with van der Waals surface area (Å²) in [5, 5.41) is 0.646. The van der Waals surface area contributed by atoms with Gasteiger partial charge in [-0.25, -0.2) is 26.3 Å². The van der Waals surface area contributed by atoms with Crippen LogP contribution in [0.15, 0.2) is 46.2 Å². The number of sulfonamides is 2. The van der Waals surface area contributed by atoms with Gasteiger partial charge in [-0.05, 0) is 66.5 Å². The highest BCUT2D eigenvalue weighted by atomic mass is 35.5. The van der Waals surface area contributed by atoms with Gasteiger partial charge in [0.15, 0.2) is 0 Å². The Kier molecular flexibility index (Phi) is 8.28. The van der Waals surface area contributed by atoms with Crippen LogP contribution >= 0.6 is 46.4 Å². The molecule has 0 unspecified atom stereocenters. The fraction of sp³-hybridized carbons (Fsp3) is 0.455. The summed E-state index contributed by atoms with van der Waals surface area (Å²) in [6.45, 7) is 6.09. The maximum Gasteiger partial charge on any atom is 0.242 e. The lowest BCUT2D eigenvalue weighted by molar-refractivity contribution is 0.0821. The van der Waals surface area contributed by atoms with Gasteiger partial charge in [-0.3, -0.25) is 0 Å². The van der Waals surface area contributed by atoms with Crippen molar-refractivity contribution >= 4 is 66.5 Å². The highest BCUT2D eigenvalue weighted by molar-refractivity contribution is 7.90. The fourth-order valence-electron chi connectivity index (χ4n) is 4.85. The second-order valence-electron chi connectivity index (χ2n) is 9.85. The van der Waals surface area contributed by atoms with Crippen LogP contribution in [0.3, 0.4) is 0 Å². The minimum atomic E-state index is -3.95. The Balaban J connectivity index is 1.81. The van der Waals surface area contributed by atoms with E-state index in [1.54, 1.807) is 0 Å². The van der Waals surface area contributed by atoms with Gasteiger partial charge in [0, 0.05) is 22.6 Å². The topological polar surface area (TPSA) is 92.3 Å². The molecule has 1 aliphatic carbocycles.